The molecule has 13 nitrogen and oxygen atoms in total. The molecule has 2 aliphatic rings. The Kier molecular flexibility index (Phi) is 8.16. The molecule has 13 heteroatoms. The van der Waals surface area contributed by atoms with E-state index in [0.29, 0.717) is 0 Å². The summed E-state index contributed by atoms with van der Waals surface area (Å²) in [5, 5.41) is 9.36. The van der Waals surface area contributed by atoms with Gasteiger partial charge >= 0.3 is 30.0 Å². The maximum atomic E-state index is 12.3. The Morgan fingerprint density at radius 1 is 0.806 bits per heavy atom. The van der Waals surface area contributed by atoms with Crippen molar-refractivity contribution in [2.75, 3.05) is 19.7 Å². The zero-order valence-electron chi connectivity index (χ0n) is 17.5. The van der Waals surface area contributed by atoms with Crippen molar-refractivity contribution < 1.29 is 57.5 Å². The van der Waals surface area contributed by atoms with Gasteiger partial charge in [0.2, 0.25) is 12.4 Å². The van der Waals surface area contributed by atoms with Crippen LogP contribution in [0.3, 0.4) is 0 Å². The van der Waals surface area contributed by atoms with E-state index in [1.165, 1.54) is 4.90 Å². The van der Waals surface area contributed by atoms with Crippen LogP contribution >= 0.6 is 0 Å². The molecule has 31 heavy (non-hydrogen) atoms. The molecule has 1 N–H and O–H groups in total. The van der Waals surface area contributed by atoms with Crippen LogP contribution in [0.15, 0.2) is 0 Å². The van der Waals surface area contributed by atoms with Gasteiger partial charge in [-0.25, -0.2) is 4.79 Å². The second-order valence-electron chi connectivity index (χ2n) is 7.01. The third-order valence-corrected chi connectivity index (χ3v) is 4.29. The van der Waals surface area contributed by atoms with Crippen molar-refractivity contribution in [3.05, 3.63) is 0 Å². The molecular formula is C18H25NO12. The van der Waals surface area contributed by atoms with E-state index >= 15 is 0 Å². The van der Waals surface area contributed by atoms with Crippen LogP contribution in [0, 0.1) is 0 Å². The molecule has 0 unspecified atom stereocenters. The number of carbonyl (C=O) groups is 5. The Labute approximate surface area is 177 Å². The summed E-state index contributed by atoms with van der Waals surface area (Å²) in [6, 6.07) is 0. The number of hydrogen-bond donors (Lipinski definition) is 1. The number of aliphatic hydroxyl groups excluding tert-OH is 1. The summed E-state index contributed by atoms with van der Waals surface area (Å²) >= 11 is 0. The smallest absolute Gasteiger partial charge is 0.412 e. The number of likely N-dealkylation sites (tertiary alicyclic amines) is 1. The monoisotopic (exact) mass is 447 g/mol. The standard InChI is InChI=1S/C18H25NO12/c1-8(20)26-7-13-14(27-9(2)21)15(28-10(3)22)16(29-11(4)23)17(30-13)31-18(25)19-5-12(24)6-19/h12-17,24H,5-7H2,1-4H3/t13-,14+,15+,16-,17+/m1/s1. The predicted molar refractivity (Wildman–Crippen MR) is 96.0 cm³/mol. The van der Waals surface area contributed by atoms with E-state index in [1.807, 2.05) is 0 Å². The number of carbonyl (C=O) groups excluding carboxylic acids is 5. The van der Waals surface area contributed by atoms with Crippen molar-refractivity contribution in [2.45, 2.75) is 64.5 Å². The summed E-state index contributed by atoms with van der Waals surface area (Å²) in [7, 11) is 0. The Bertz CT molecular complexity index is 718. The van der Waals surface area contributed by atoms with Crippen molar-refractivity contribution in [3.63, 3.8) is 0 Å². The molecular weight excluding hydrogens is 422 g/mol. The van der Waals surface area contributed by atoms with Crippen LogP contribution < -0.4 is 0 Å². The van der Waals surface area contributed by atoms with Gasteiger partial charge in [-0.15, -0.1) is 0 Å². The quantitative estimate of drug-likeness (QED) is 0.386. The first-order valence-electron chi connectivity index (χ1n) is 9.42. The van der Waals surface area contributed by atoms with Crippen molar-refractivity contribution in [1.29, 1.82) is 0 Å². The average molecular weight is 447 g/mol. The summed E-state index contributed by atoms with van der Waals surface area (Å²) in [5.74, 6) is -3.06. The van der Waals surface area contributed by atoms with Crippen LogP contribution in [-0.2, 0) is 47.6 Å². The number of nitrogens with zero attached hydrogens (tertiary/aromatic N) is 1. The number of rotatable bonds is 6. The molecule has 174 valence electrons. The highest BCUT2D eigenvalue weighted by Gasteiger charge is 2.54. The van der Waals surface area contributed by atoms with E-state index in [1.54, 1.807) is 0 Å². The molecule has 1 amide bonds. The van der Waals surface area contributed by atoms with Crippen LogP contribution in [0.4, 0.5) is 4.79 Å². The lowest BCUT2D eigenvalue weighted by molar-refractivity contribution is -0.296. The zero-order chi connectivity index (χ0) is 23.3. The van der Waals surface area contributed by atoms with E-state index in [9.17, 15) is 29.1 Å². The van der Waals surface area contributed by atoms with E-state index in [2.05, 4.69) is 0 Å². The SMILES string of the molecule is CC(=O)OC[C@H]1O[C@@H](OC(=O)N2CC(O)C2)[C@H](OC(C)=O)[C@@H](OC(C)=O)[C@H]1OC(C)=O. The van der Waals surface area contributed by atoms with Gasteiger partial charge in [-0.1, -0.05) is 0 Å². The van der Waals surface area contributed by atoms with Gasteiger partial charge in [0.1, 0.15) is 12.7 Å². The minimum atomic E-state index is -1.59. The number of ether oxygens (including phenoxy) is 6. The number of hydrogen-bond acceptors (Lipinski definition) is 12. The third kappa shape index (κ3) is 6.79. The van der Waals surface area contributed by atoms with Crippen LogP contribution in [0.25, 0.3) is 0 Å². The molecule has 2 rings (SSSR count). The van der Waals surface area contributed by atoms with Crippen molar-refractivity contribution in [1.82, 2.24) is 4.90 Å². The highest BCUT2D eigenvalue weighted by Crippen LogP contribution is 2.30. The normalized spacial score (nSPS) is 28.0. The molecule has 2 aliphatic heterocycles. The van der Waals surface area contributed by atoms with Gasteiger partial charge in [-0.2, -0.15) is 0 Å². The Morgan fingerprint density at radius 3 is 1.81 bits per heavy atom. The maximum Gasteiger partial charge on any atom is 0.412 e. The Hall–Kier alpha value is -2.93. The van der Waals surface area contributed by atoms with Gasteiger partial charge in [0.15, 0.2) is 12.2 Å². The largest absolute Gasteiger partial charge is 0.463 e. The number of β-amino-alcohol motifs (C(OH)–C–C–N with tert-alkyl or cyclic N) is 1. The average Bonchev–Trinajstić information content (AvgIpc) is 2.61. The highest BCUT2D eigenvalue weighted by molar-refractivity contribution is 5.70. The molecule has 0 saturated carbocycles. The van der Waals surface area contributed by atoms with Crippen LogP contribution in [0.1, 0.15) is 27.7 Å². The topological polar surface area (TPSA) is 164 Å². The van der Waals surface area contributed by atoms with Crippen LogP contribution in [-0.4, -0.2) is 96.5 Å². The molecule has 0 aromatic rings. The minimum Gasteiger partial charge on any atom is -0.463 e. The van der Waals surface area contributed by atoms with Gasteiger partial charge in [0.25, 0.3) is 0 Å². The Balaban J connectivity index is 2.34. The zero-order valence-corrected chi connectivity index (χ0v) is 17.5. The highest BCUT2D eigenvalue weighted by atomic mass is 16.8. The predicted octanol–water partition coefficient (Wildman–Crippen LogP) is -1.12. The van der Waals surface area contributed by atoms with E-state index in [0.717, 1.165) is 27.7 Å². The first-order chi connectivity index (χ1) is 14.5. The summed E-state index contributed by atoms with van der Waals surface area (Å²) in [4.78, 5) is 59.7. The Morgan fingerprint density at radius 2 is 1.32 bits per heavy atom. The minimum absolute atomic E-state index is 0.0319. The lowest BCUT2D eigenvalue weighted by atomic mass is 9.98. The first kappa shape index (κ1) is 24.3. The molecule has 0 aliphatic carbocycles. The second-order valence-corrected chi connectivity index (χ2v) is 7.01. The van der Waals surface area contributed by atoms with E-state index < -0.39 is 73.4 Å². The molecule has 0 aromatic heterocycles. The summed E-state index contributed by atoms with van der Waals surface area (Å²) in [6.45, 7) is 4.01. The van der Waals surface area contributed by atoms with Crippen LogP contribution in [0.5, 0.6) is 0 Å². The van der Waals surface area contributed by atoms with Gasteiger partial charge in [0.05, 0.1) is 19.2 Å². The van der Waals surface area contributed by atoms with Gasteiger partial charge in [-0.05, 0) is 0 Å². The van der Waals surface area contributed by atoms with Crippen molar-refractivity contribution >= 4 is 30.0 Å². The lowest BCUT2D eigenvalue weighted by Gasteiger charge is -2.44. The molecule has 2 heterocycles. The molecule has 5 atom stereocenters. The fourth-order valence-corrected chi connectivity index (χ4v) is 3.06. The molecule has 0 radical (unpaired) electrons. The summed E-state index contributed by atoms with van der Waals surface area (Å²) < 4.78 is 31.4. The fourth-order valence-electron chi connectivity index (χ4n) is 3.06. The molecule has 0 aromatic carbocycles. The molecule has 0 spiro atoms. The van der Waals surface area contributed by atoms with E-state index in [4.69, 9.17) is 28.4 Å². The lowest BCUT2D eigenvalue weighted by Crippen LogP contribution is -2.64. The van der Waals surface area contributed by atoms with Crippen molar-refractivity contribution in [3.8, 4) is 0 Å². The number of esters is 4. The van der Waals surface area contributed by atoms with Gasteiger partial charge in [0, 0.05) is 27.7 Å². The van der Waals surface area contributed by atoms with Crippen molar-refractivity contribution in [2.24, 2.45) is 0 Å². The van der Waals surface area contributed by atoms with Gasteiger partial charge < -0.3 is 38.4 Å². The van der Waals surface area contributed by atoms with Gasteiger partial charge in [-0.3, -0.25) is 19.2 Å². The molecule has 0 bridgehead atoms. The summed E-state index contributed by atoms with van der Waals surface area (Å²) in [6.07, 6.45) is -8.65. The fraction of sp³-hybridized carbons (Fsp3) is 0.722. The summed E-state index contributed by atoms with van der Waals surface area (Å²) in [5.41, 5.74) is 0. The molecule has 2 fully saturated rings. The maximum absolute atomic E-state index is 12.3. The number of aliphatic hydroxyl groups is 1. The third-order valence-electron chi connectivity index (χ3n) is 4.29. The van der Waals surface area contributed by atoms with E-state index in [-0.39, 0.29) is 13.1 Å². The van der Waals surface area contributed by atoms with Crippen LogP contribution in [0.2, 0.25) is 0 Å². The number of amides is 1. The molecule has 2 saturated heterocycles. The second kappa shape index (κ2) is 10.4. The first-order valence-corrected chi connectivity index (χ1v) is 9.42.